The van der Waals surface area contributed by atoms with Crippen molar-refractivity contribution in [2.75, 3.05) is 11.9 Å². The summed E-state index contributed by atoms with van der Waals surface area (Å²) < 4.78 is 5.67. The SMILES string of the molecule is CC1(C)OCC2CC21CBr. The van der Waals surface area contributed by atoms with Gasteiger partial charge in [-0.15, -0.1) is 0 Å². The topological polar surface area (TPSA) is 9.23 Å². The van der Waals surface area contributed by atoms with Gasteiger partial charge in [-0.3, -0.25) is 0 Å². The van der Waals surface area contributed by atoms with Crippen LogP contribution in [0.15, 0.2) is 0 Å². The van der Waals surface area contributed by atoms with E-state index in [2.05, 4.69) is 29.8 Å². The molecule has 0 radical (unpaired) electrons. The van der Waals surface area contributed by atoms with Gasteiger partial charge in [-0.05, 0) is 26.2 Å². The van der Waals surface area contributed by atoms with Crippen LogP contribution in [0.2, 0.25) is 0 Å². The van der Waals surface area contributed by atoms with Gasteiger partial charge in [-0.2, -0.15) is 0 Å². The molecule has 2 heteroatoms. The first-order valence-electron chi connectivity index (χ1n) is 3.82. The summed E-state index contributed by atoms with van der Waals surface area (Å²) in [6.07, 6.45) is 1.37. The van der Waals surface area contributed by atoms with Gasteiger partial charge in [0.2, 0.25) is 0 Å². The van der Waals surface area contributed by atoms with Crippen molar-refractivity contribution in [1.29, 1.82) is 0 Å². The van der Waals surface area contributed by atoms with E-state index in [1.165, 1.54) is 6.42 Å². The zero-order valence-electron chi connectivity index (χ0n) is 6.48. The van der Waals surface area contributed by atoms with E-state index in [0.29, 0.717) is 5.41 Å². The van der Waals surface area contributed by atoms with E-state index < -0.39 is 0 Å². The van der Waals surface area contributed by atoms with E-state index >= 15 is 0 Å². The van der Waals surface area contributed by atoms with Crippen molar-refractivity contribution in [2.24, 2.45) is 11.3 Å². The molecule has 0 N–H and O–H groups in total. The van der Waals surface area contributed by atoms with Crippen molar-refractivity contribution < 1.29 is 4.74 Å². The van der Waals surface area contributed by atoms with Crippen LogP contribution < -0.4 is 0 Å². The third-order valence-corrected chi connectivity index (χ3v) is 4.32. The molecule has 2 unspecified atom stereocenters. The molecule has 0 amide bonds. The fourth-order valence-corrected chi connectivity index (χ4v) is 3.48. The number of halogens is 1. The largest absolute Gasteiger partial charge is 0.375 e. The second-order valence-electron chi connectivity index (χ2n) is 4.01. The standard InChI is InChI=1S/C8H13BrO/c1-7(2)8(5-9)3-6(8)4-10-7/h6H,3-5H2,1-2H3. The molecular weight excluding hydrogens is 192 g/mol. The molecule has 2 fully saturated rings. The Morgan fingerprint density at radius 1 is 1.60 bits per heavy atom. The minimum atomic E-state index is 0.126. The number of fused-ring (bicyclic) bond motifs is 1. The molecule has 0 aromatic heterocycles. The van der Waals surface area contributed by atoms with Gasteiger partial charge in [0, 0.05) is 10.7 Å². The molecule has 0 aromatic rings. The molecule has 2 atom stereocenters. The lowest BCUT2D eigenvalue weighted by atomic mass is 9.89. The highest BCUT2D eigenvalue weighted by Crippen LogP contribution is 2.66. The van der Waals surface area contributed by atoms with Crippen molar-refractivity contribution in [3.05, 3.63) is 0 Å². The summed E-state index contributed by atoms with van der Waals surface area (Å²) >= 11 is 3.57. The predicted octanol–water partition coefficient (Wildman–Crippen LogP) is 2.20. The van der Waals surface area contributed by atoms with Crippen molar-refractivity contribution in [2.45, 2.75) is 25.9 Å². The Bertz CT molecular complexity index is 163. The highest BCUT2D eigenvalue weighted by Gasteiger charge is 2.67. The van der Waals surface area contributed by atoms with Crippen LogP contribution in [0.25, 0.3) is 0 Å². The molecule has 0 spiro atoms. The minimum absolute atomic E-state index is 0.126. The first-order chi connectivity index (χ1) is 4.62. The molecular formula is C8H13BrO. The summed E-state index contributed by atoms with van der Waals surface area (Å²) in [4.78, 5) is 0. The van der Waals surface area contributed by atoms with Gasteiger partial charge in [0.15, 0.2) is 0 Å². The summed E-state index contributed by atoms with van der Waals surface area (Å²) in [6.45, 7) is 5.40. The van der Waals surface area contributed by atoms with Crippen LogP contribution in [0, 0.1) is 11.3 Å². The first kappa shape index (κ1) is 7.11. The van der Waals surface area contributed by atoms with E-state index in [0.717, 1.165) is 17.9 Å². The third-order valence-electron chi connectivity index (χ3n) is 3.31. The van der Waals surface area contributed by atoms with Crippen LogP contribution in [-0.2, 0) is 4.74 Å². The molecule has 0 aromatic carbocycles. The first-order valence-corrected chi connectivity index (χ1v) is 4.94. The molecule has 1 saturated heterocycles. The maximum atomic E-state index is 5.67. The summed E-state index contributed by atoms with van der Waals surface area (Å²) in [5.41, 5.74) is 0.619. The van der Waals surface area contributed by atoms with Gasteiger partial charge in [0.1, 0.15) is 0 Å². The Kier molecular flexibility index (Phi) is 1.26. The molecule has 1 saturated carbocycles. The summed E-state index contributed by atoms with van der Waals surface area (Å²) in [5.74, 6) is 0.849. The van der Waals surface area contributed by atoms with E-state index in [1.807, 2.05) is 0 Å². The Balaban J connectivity index is 2.24. The minimum Gasteiger partial charge on any atom is -0.375 e. The lowest BCUT2D eigenvalue weighted by molar-refractivity contribution is -0.0169. The molecule has 1 nitrogen and oxygen atoms in total. The van der Waals surface area contributed by atoms with Gasteiger partial charge >= 0.3 is 0 Å². The average Bonchev–Trinajstić information content (AvgIpc) is 2.54. The second-order valence-corrected chi connectivity index (χ2v) is 4.57. The van der Waals surface area contributed by atoms with Crippen LogP contribution in [0.3, 0.4) is 0 Å². The van der Waals surface area contributed by atoms with E-state index in [4.69, 9.17) is 4.74 Å². The highest BCUT2D eigenvalue weighted by molar-refractivity contribution is 9.09. The number of hydrogen-bond donors (Lipinski definition) is 0. The fourth-order valence-electron chi connectivity index (χ4n) is 2.11. The van der Waals surface area contributed by atoms with Crippen molar-refractivity contribution in [3.63, 3.8) is 0 Å². The molecule has 10 heavy (non-hydrogen) atoms. The molecule has 2 aliphatic rings. The fraction of sp³-hybridized carbons (Fsp3) is 1.00. The van der Waals surface area contributed by atoms with E-state index in [-0.39, 0.29) is 5.60 Å². The Hall–Kier alpha value is 0.440. The monoisotopic (exact) mass is 204 g/mol. The molecule has 0 bridgehead atoms. The summed E-state index contributed by atoms with van der Waals surface area (Å²) in [6, 6.07) is 0. The number of rotatable bonds is 1. The van der Waals surface area contributed by atoms with Gasteiger partial charge < -0.3 is 4.74 Å². The average molecular weight is 205 g/mol. The number of hydrogen-bond acceptors (Lipinski definition) is 1. The van der Waals surface area contributed by atoms with Crippen molar-refractivity contribution in [3.8, 4) is 0 Å². The van der Waals surface area contributed by atoms with Crippen molar-refractivity contribution in [1.82, 2.24) is 0 Å². The molecule has 1 heterocycles. The van der Waals surface area contributed by atoms with Crippen LogP contribution in [-0.4, -0.2) is 17.5 Å². The Morgan fingerprint density at radius 2 is 2.30 bits per heavy atom. The van der Waals surface area contributed by atoms with Gasteiger partial charge in [0.05, 0.1) is 12.2 Å². The number of ether oxygens (including phenoxy) is 1. The van der Waals surface area contributed by atoms with Gasteiger partial charge in [-0.1, -0.05) is 15.9 Å². The van der Waals surface area contributed by atoms with Crippen LogP contribution in [0.1, 0.15) is 20.3 Å². The zero-order valence-corrected chi connectivity index (χ0v) is 8.07. The highest BCUT2D eigenvalue weighted by atomic mass is 79.9. The third kappa shape index (κ3) is 0.620. The Morgan fingerprint density at radius 3 is 2.50 bits per heavy atom. The maximum absolute atomic E-state index is 5.67. The predicted molar refractivity (Wildman–Crippen MR) is 44.4 cm³/mol. The van der Waals surface area contributed by atoms with Crippen LogP contribution in [0.5, 0.6) is 0 Å². The van der Waals surface area contributed by atoms with Crippen molar-refractivity contribution >= 4 is 15.9 Å². The molecule has 1 aliphatic carbocycles. The summed E-state index contributed by atoms with van der Waals surface area (Å²) in [7, 11) is 0. The molecule has 58 valence electrons. The van der Waals surface area contributed by atoms with Gasteiger partial charge in [0.25, 0.3) is 0 Å². The molecule has 2 rings (SSSR count). The lowest BCUT2D eigenvalue weighted by Gasteiger charge is -2.28. The second kappa shape index (κ2) is 1.78. The van der Waals surface area contributed by atoms with E-state index in [9.17, 15) is 0 Å². The molecule has 1 aliphatic heterocycles. The Labute approximate surface area is 70.3 Å². The van der Waals surface area contributed by atoms with Crippen LogP contribution >= 0.6 is 15.9 Å². The normalized spacial score (nSPS) is 48.9. The van der Waals surface area contributed by atoms with E-state index in [1.54, 1.807) is 0 Å². The smallest absolute Gasteiger partial charge is 0.0694 e. The van der Waals surface area contributed by atoms with Gasteiger partial charge in [-0.25, -0.2) is 0 Å². The maximum Gasteiger partial charge on any atom is 0.0694 e. The van der Waals surface area contributed by atoms with Crippen LogP contribution in [0.4, 0.5) is 0 Å². The quantitative estimate of drug-likeness (QED) is 0.596. The summed E-state index contributed by atoms with van der Waals surface area (Å²) in [5, 5.41) is 1.11. The lowest BCUT2D eigenvalue weighted by Crippen LogP contribution is -2.33. The number of alkyl halides is 1. The zero-order chi connectivity index (χ0) is 7.41.